The molecule has 0 unspecified atom stereocenters. The number of rotatable bonds is 2. The fraction of sp³-hybridized carbons (Fsp3) is 0.133. The molecule has 0 radical (unpaired) electrons. The summed E-state index contributed by atoms with van der Waals surface area (Å²) in [6.45, 7) is 3.93. The molecule has 2 nitrogen and oxygen atoms in total. The van der Waals surface area contributed by atoms with Gasteiger partial charge in [0.25, 0.3) is 5.91 Å². The first-order chi connectivity index (χ1) is 8.99. The van der Waals surface area contributed by atoms with Crippen molar-refractivity contribution in [2.75, 3.05) is 5.32 Å². The summed E-state index contributed by atoms with van der Waals surface area (Å²) in [6, 6.07) is 11.3. The number of carbonyl (C=O) groups is 1. The third-order valence-corrected chi connectivity index (χ3v) is 4.68. The minimum atomic E-state index is -0.100. The third-order valence-electron chi connectivity index (χ3n) is 2.94. The largest absolute Gasteiger partial charge is 0.322 e. The van der Waals surface area contributed by atoms with Crippen molar-refractivity contribution < 1.29 is 4.79 Å². The highest BCUT2D eigenvalue weighted by Crippen LogP contribution is 2.24. The van der Waals surface area contributed by atoms with Crippen LogP contribution in [0.4, 0.5) is 5.69 Å². The molecule has 0 aliphatic heterocycles. The lowest BCUT2D eigenvalue weighted by Crippen LogP contribution is -2.13. The second kappa shape index (κ2) is 5.88. The van der Waals surface area contributed by atoms with Crippen molar-refractivity contribution >= 4 is 43.5 Å². The van der Waals surface area contributed by atoms with Gasteiger partial charge in [0.05, 0.1) is 0 Å². The van der Waals surface area contributed by atoms with Gasteiger partial charge in [-0.1, -0.05) is 37.9 Å². The lowest BCUT2D eigenvalue weighted by atomic mass is 10.1. The zero-order chi connectivity index (χ0) is 14.0. The lowest BCUT2D eigenvalue weighted by molar-refractivity contribution is 0.102. The Morgan fingerprint density at radius 3 is 2.47 bits per heavy atom. The number of carbonyl (C=O) groups excluding carboxylic acids is 1. The third kappa shape index (κ3) is 3.25. The van der Waals surface area contributed by atoms with Gasteiger partial charge in [-0.3, -0.25) is 4.79 Å². The van der Waals surface area contributed by atoms with Crippen LogP contribution in [-0.4, -0.2) is 5.91 Å². The van der Waals surface area contributed by atoms with Crippen molar-refractivity contribution in [3.05, 3.63) is 62.0 Å². The zero-order valence-corrected chi connectivity index (χ0v) is 13.8. The first-order valence-electron chi connectivity index (χ1n) is 5.81. The first-order valence-corrected chi connectivity index (χ1v) is 7.40. The van der Waals surface area contributed by atoms with Gasteiger partial charge in [0, 0.05) is 20.2 Å². The molecule has 0 atom stereocenters. The molecule has 0 aromatic heterocycles. The monoisotopic (exact) mass is 381 g/mol. The van der Waals surface area contributed by atoms with Gasteiger partial charge in [0.15, 0.2) is 0 Å². The topological polar surface area (TPSA) is 29.1 Å². The molecule has 2 rings (SSSR count). The normalized spacial score (nSPS) is 10.3. The molecular weight excluding hydrogens is 370 g/mol. The number of nitrogens with one attached hydrogen (secondary N) is 1. The molecule has 2 aromatic rings. The van der Waals surface area contributed by atoms with Crippen LogP contribution in [0, 0.1) is 13.8 Å². The minimum Gasteiger partial charge on any atom is -0.322 e. The molecule has 1 N–H and O–H groups in total. The van der Waals surface area contributed by atoms with Crippen LogP contribution in [0.3, 0.4) is 0 Å². The summed E-state index contributed by atoms with van der Waals surface area (Å²) in [7, 11) is 0. The van der Waals surface area contributed by atoms with E-state index in [4.69, 9.17) is 0 Å². The van der Waals surface area contributed by atoms with Gasteiger partial charge in [-0.15, -0.1) is 0 Å². The van der Waals surface area contributed by atoms with Crippen molar-refractivity contribution in [2.45, 2.75) is 13.8 Å². The molecular formula is C15H13Br2NO. The van der Waals surface area contributed by atoms with Crippen molar-refractivity contribution in [3.63, 3.8) is 0 Å². The Labute approximate surface area is 129 Å². The maximum atomic E-state index is 12.2. The van der Waals surface area contributed by atoms with Crippen LogP contribution < -0.4 is 5.32 Å². The Bertz CT molecular complexity index is 638. The Morgan fingerprint density at radius 2 is 1.79 bits per heavy atom. The van der Waals surface area contributed by atoms with Crippen molar-refractivity contribution in [1.29, 1.82) is 0 Å². The van der Waals surface area contributed by atoms with E-state index in [1.54, 1.807) is 6.07 Å². The van der Waals surface area contributed by atoms with Crippen LogP contribution in [0.1, 0.15) is 21.5 Å². The standard InChI is InChI=1S/C15H13Br2NO/c1-9-8-11(6-7-12(9)16)15(19)18-14-5-3-4-13(17)10(14)2/h3-8H,1-2H3,(H,18,19). The fourth-order valence-corrected chi connectivity index (χ4v) is 2.34. The van der Waals surface area contributed by atoms with Gasteiger partial charge < -0.3 is 5.32 Å². The summed E-state index contributed by atoms with van der Waals surface area (Å²) in [4.78, 5) is 12.2. The molecule has 0 aliphatic carbocycles. The maximum Gasteiger partial charge on any atom is 0.255 e. The van der Waals surface area contributed by atoms with Gasteiger partial charge in [0.1, 0.15) is 0 Å². The molecule has 0 heterocycles. The molecule has 0 fully saturated rings. The van der Waals surface area contributed by atoms with Crippen LogP contribution in [0.5, 0.6) is 0 Å². The number of amides is 1. The van der Waals surface area contributed by atoms with E-state index in [1.807, 2.05) is 44.2 Å². The highest BCUT2D eigenvalue weighted by atomic mass is 79.9. The second-order valence-corrected chi connectivity index (χ2v) is 6.04. The van der Waals surface area contributed by atoms with E-state index in [2.05, 4.69) is 37.2 Å². The Kier molecular flexibility index (Phi) is 4.42. The number of aryl methyl sites for hydroxylation is 1. The quantitative estimate of drug-likeness (QED) is 0.770. The number of halogens is 2. The summed E-state index contributed by atoms with van der Waals surface area (Å²) in [5.74, 6) is -0.100. The molecule has 0 spiro atoms. The van der Waals surface area contributed by atoms with Gasteiger partial charge in [-0.25, -0.2) is 0 Å². The smallest absolute Gasteiger partial charge is 0.255 e. The molecule has 19 heavy (non-hydrogen) atoms. The number of hydrogen-bond donors (Lipinski definition) is 1. The summed E-state index contributed by atoms with van der Waals surface area (Å²) in [5.41, 5.74) is 3.53. The summed E-state index contributed by atoms with van der Waals surface area (Å²) in [5, 5.41) is 2.93. The van der Waals surface area contributed by atoms with Crippen molar-refractivity contribution in [1.82, 2.24) is 0 Å². The molecule has 0 saturated heterocycles. The fourth-order valence-electron chi connectivity index (χ4n) is 1.72. The average Bonchev–Trinajstić information content (AvgIpc) is 2.38. The van der Waals surface area contributed by atoms with E-state index in [1.165, 1.54) is 0 Å². The predicted octanol–water partition coefficient (Wildman–Crippen LogP) is 5.08. The molecule has 0 saturated carbocycles. The number of benzene rings is 2. The van der Waals surface area contributed by atoms with E-state index in [9.17, 15) is 4.79 Å². The van der Waals surface area contributed by atoms with E-state index in [0.29, 0.717) is 5.56 Å². The van der Waals surface area contributed by atoms with Crippen LogP contribution >= 0.6 is 31.9 Å². The van der Waals surface area contributed by atoms with Crippen LogP contribution in [0.15, 0.2) is 45.3 Å². The molecule has 4 heteroatoms. The minimum absolute atomic E-state index is 0.100. The number of hydrogen-bond acceptors (Lipinski definition) is 1. The SMILES string of the molecule is Cc1cc(C(=O)Nc2cccc(Br)c2C)ccc1Br. The Morgan fingerprint density at radius 1 is 1.05 bits per heavy atom. The summed E-state index contributed by atoms with van der Waals surface area (Å²) >= 11 is 6.88. The van der Waals surface area contributed by atoms with E-state index in [-0.39, 0.29) is 5.91 Å². The Hall–Kier alpha value is -1.13. The summed E-state index contributed by atoms with van der Waals surface area (Å²) < 4.78 is 1.99. The van der Waals surface area contributed by atoms with Gasteiger partial charge in [-0.05, 0) is 55.3 Å². The zero-order valence-electron chi connectivity index (χ0n) is 10.6. The molecule has 2 aromatic carbocycles. The van der Waals surface area contributed by atoms with Gasteiger partial charge >= 0.3 is 0 Å². The van der Waals surface area contributed by atoms with Crippen molar-refractivity contribution in [2.24, 2.45) is 0 Å². The van der Waals surface area contributed by atoms with Gasteiger partial charge in [0.2, 0.25) is 0 Å². The van der Waals surface area contributed by atoms with Crippen LogP contribution in [0.25, 0.3) is 0 Å². The van der Waals surface area contributed by atoms with Crippen molar-refractivity contribution in [3.8, 4) is 0 Å². The second-order valence-electron chi connectivity index (χ2n) is 4.33. The van der Waals surface area contributed by atoms with E-state index >= 15 is 0 Å². The lowest BCUT2D eigenvalue weighted by Gasteiger charge is -2.10. The summed E-state index contributed by atoms with van der Waals surface area (Å²) in [6.07, 6.45) is 0. The molecule has 98 valence electrons. The predicted molar refractivity (Wildman–Crippen MR) is 85.7 cm³/mol. The average molecular weight is 383 g/mol. The maximum absolute atomic E-state index is 12.2. The molecule has 1 amide bonds. The molecule has 0 bridgehead atoms. The highest BCUT2D eigenvalue weighted by molar-refractivity contribution is 9.10. The first kappa shape index (κ1) is 14.3. The number of anilines is 1. The van der Waals surface area contributed by atoms with Crippen LogP contribution in [0.2, 0.25) is 0 Å². The van der Waals surface area contributed by atoms with E-state index in [0.717, 1.165) is 25.8 Å². The van der Waals surface area contributed by atoms with Gasteiger partial charge in [-0.2, -0.15) is 0 Å². The highest BCUT2D eigenvalue weighted by Gasteiger charge is 2.09. The van der Waals surface area contributed by atoms with Crippen LogP contribution in [-0.2, 0) is 0 Å². The Balaban J connectivity index is 2.26. The van der Waals surface area contributed by atoms with E-state index < -0.39 is 0 Å². The molecule has 0 aliphatic rings.